The van der Waals surface area contributed by atoms with Gasteiger partial charge in [-0.25, -0.2) is 4.79 Å². The van der Waals surface area contributed by atoms with E-state index < -0.39 is 0 Å². The van der Waals surface area contributed by atoms with E-state index in [1.165, 1.54) is 43.2 Å². The summed E-state index contributed by atoms with van der Waals surface area (Å²) < 4.78 is 0. The van der Waals surface area contributed by atoms with Crippen LogP contribution in [0.4, 0.5) is 4.79 Å². The number of nitrogens with one attached hydrogen (secondary N) is 1. The van der Waals surface area contributed by atoms with Crippen LogP contribution in [0.5, 0.6) is 0 Å². The van der Waals surface area contributed by atoms with Crippen molar-refractivity contribution in [3.8, 4) is 0 Å². The molecule has 0 atom stereocenters. The summed E-state index contributed by atoms with van der Waals surface area (Å²) in [4.78, 5) is 17.7. The van der Waals surface area contributed by atoms with E-state index in [4.69, 9.17) is 0 Å². The first-order valence-corrected chi connectivity index (χ1v) is 11.5. The molecule has 1 spiro atoms. The monoisotopic (exact) mass is 379 g/mol. The summed E-state index contributed by atoms with van der Waals surface area (Å²) >= 11 is 0. The number of fused-ring (bicyclic) bond motifs is 2. The summed E-state index contributed by atoms with van der Waals surface area (Å²) in [6.45, 7) is 2.78. The minimum Gasteiger partial charge on any atom is -0.335 e. The number of hydrogen-bond donors (Lipinski definition) is 1. The third kappa shape index (κ3) is 2.49. The number of likely N-dealkylation sites (tertiary alicyclic amines) is 1. The molecule has 1 aromatic rings. The van der Waals surface area contributed by atoms with Crippen LogP contribution >= 0.6 is 0 Å². The van der Waals surface area contributed by atoms with Gasteiger partial charge < -0.3 is 10.2 Å². The van der Waals surface area contributed by atoms with E-state index in [1.807, 2.05) is 0 Å². The van der Waals surface area contributed by atoms with Crippen molar-refractivity contribution in [2.75, 3.05) is 20.1 Å². The Morgan fingerprint density at radius 2 is 1.64 bits per heavy atom. The first-order chi connectivity index (χ1) is 13.6. The fourth-order valence-corrected chi connectivity index (χ4v) is 7.85. The van der Waals surface area contributed by atoms with Gasteiger partial charge in [0.15, 0.2) is 0 Å². The van der Waals surface area contributed by atoms with E-state index in [1.54, 1.807) is 0 Å². The number of amides is 2. The molecule has 28 heavy (non-hydrogen) atoms. The van der Waals surface area contributed by atoms with Crippen LogP contribution < -0.4 is 5.32 Å². The van der Waals surface area contributed by atoms with Crippen molar-refractivity contribution in [3.05, 3.63) is 35.4 Å². The summed E-state index contributed by atoms with van der Waals surface area (Å²) in [6.07, 6.45) is 9.03. The zero-order chi connectivity index (χ0) is 18.9. The van der Waals surface area contributed by atoms with Crippen LogP contribution in [0.3, 0.4) is 0 Å². The molecule has 4 heteroatoms. The third-order valence-corrected chi connectivity index (χ3v) is 9.05. The Kier molecular flexibility index (Phi) is 3.85. The molecule has 4 aliphatic carbocycles. The molecule has 5 fully saturated rings. The highest BCUT2D eigenvalue weighted by molar-refractivity contribution is 5.75. The molecular weight excluding hydrogens is 346 g/mol. The third-order valence-electron chi connectivity index (χ3n) is 9.05. The standard InChI is InChI=1S/C24H33N3O/c1-26-15-18-4-2-3-5-21(18)24(26)6-8-27(9-7-24)23(28)25-22-19-11-16-10-17(13-19)14-20(22)12-16/h2-5,16-17,19-20,22H,6-15H2,1H3,(H,25,28). The lowest BCUT2D eigenvalue weighted by atomic mass is 9.54. The van der Waals surface area contributed by atoms with E-state index in [9.17, 15) is 4.79 Å². The van der Waals surface area contributed by atoms with Gasteiger partial charge >= 0.3 is 6.03 Å². The van der Waals surface area contributed by atoms with Crippen molar-refractivity contribution in [1.29, 1.82) is 0 Å². The predicted molar refractivity (Wildman–Crippen MR) is 110 cm³/mol. The predicted octanol–water partition coefficient (Wildman–Crippen LogP) is 3.96. The molecule has 2 aliphatic heterocycles. The Balaban J connectivity index is 1.13. The van der Waals surface area contributed by atoms with E-state index in [2.05, 4.69) is 46.4 Å². The largest absolute Gasteiger partial charge is 0.335 e. The Labute approximate surface area is 168 Å². The van der Waals surface area contributed by atoms with Gasteiger partial charge in [0.25, 0.3) is 0 Å². The number of nitrogens with zero attached hydrogens (tertiary/aromatic N) is 2. The van der Waals surface area contributed by atoms with Crippen LogP contribution in [-0.2, 0) is 12.1 Å². The number of benzene rings is 1. The molecule has 4 saturated carbocycles. The number of piperidine rings is 1. The van der Waals surface area contributed by atoms with Crippen molar-refractivity contribution < 1.29 is 4.79 Å². The molecule has 150 valence electrons. The summed E-state index contributed by atoms with van der Waals surface area (Å²) in [5.41, 5.74) is 3.10. The zero-order valence-electron chi connectivity index (χ0n) is 17.1. The summed E-state index contributed by atoms with van der Waals surface area (Å²) in [5.74, 6) is 3.43. The molecule has 2 heterocycles. The first-order valence-electron chi connectivity index (χ1n) is 11.5. The van der Waals surface area contributed by atoms with Crippen molar-refractivity contribution in [2.24, 2.45) is 23.7 Å². The maximum Gasteiger partial charge on any atom is 0.317 e. The molecule has 0 radical (unpaired) electrons. The van der Waals surface area contributed by atoms with Crippen LogP contribution in [0, 0.1) is 23.7 Å². The average Bonchev–Trinajstić information content (AvgIpc) is 2.96. The zero-order valence-corrected chi connectivity index (χ0v) is 17.1. The van der Waals surface area contributed by atoms with E-state index in [0.717, 1.165) is 56.1 Å². The van der Waals surface area contributed by atoms with Crippen LogP contribution in [0.15, 0.2) is 24.3 Å². The highest BCUT2D eigenvalue weighted by Gasteiger charge is 2.50. The normalized spacial score (nSPS) is 38.0. The lowest BCUT2D eigenvalue weighted by Crippen LogP contribution is -2.59. The fourth-order valence-electron chi connectivity index (χ4n) is 7.85. The van der Waals surface area contributed by atoms with Gasteiger partial charge in [0.1, 0.15) is 0 Å². The lowest BCUT2D eigenvalue weighted by Gasteiger charge is -2.54. The number of carbonyl (C=O) groups is 1. The van der Waals surface area contributed by atoms with Crippen LogP contribution in [0.25, 0.3) is 0 Å². The SMILES string of the molecule is CN1Cc2ccccc2C12CCN(C(=O)NC1C3CC4CC(C3)CC1C4)CC2. The van der Waals surface area contributed by atoms with Crippen molar-refractivity contribution in [1.82, 2.24) is 15.1 Å². The summed E-state index contributed by atoms with van der Waals surface area (Å²) in [5, 5.41) is 3.51. The second-order valence-corrected chi connectivity index (χ2v) is 10.4. The highest BCUT2D eigenvalue weighted by atomic mass is 16.2. The highest BCUT2D eigenvalue weighted by Crippen LogP contribution is 2.53. The van der Waals surface area contributed by atoms with Crippen LogP contribution in [0.2, 0.25) is 0 Å². The first kappa shape index (κ1) is 17.3. The maximum atomic E-state index is 13.1. The van der Waals surface area contributed by atoms with Gasteiger partial charge in [-0.3, -0.25) is 4.90 Å². The van der Waals surface area contributed by atoms with Gasteiger partial charge in [-0.2, -0.15) is 0 Å². The van der Waals surface area contributed by atoms with Crippen molar-refractivity contribution in [2.45, 2.75) is 63.1 Å². The Hall–Kier alpha value is -1.55. The van der Waals surface area contributed by atoms with E-state index >= 15 is 0 Å². The topological polar surface area (TPSA) is 35.6 Å². The molecule has 6 aliphatic rings. The fraction of sp³-hybridized carbons (Fsp3) is 0.708. The van der Waals surface area contributed by atoms with E-state index in [0.29, 0.717) is 6.04 Å². The minimum atomic E-state index is 0.135. The minimum absolute atomic E-state index is 0.135. The van der Waals surface area contributed by atoms with Gasteiger partial charge in [0.2, 0.25) is 0 Å². The molecule has 7 rings (SSSR count). The summed E-state index contributed by atoms with van der Waals surface area (Å²) in [6, 6.07) is 9.56. The van der Waals surface area contributed by atoms with Crippen molar-refractivity contribution >= 4 is 6.03 Å². The molecule has 0 aromatic heterocycles. The number of carbonyl (C=O) groups excluding carboxylic acids is 1. The Morgan fingerprint density at radius 3 is 2.32 bits per heavy atom. The van der Waals surface area contributed by atoms with Crippen LogP contribution in [0.1, 0.15) is 56.1 Å². The second kappa shape index (κ2) is 6.22. The molecule has 1 N–H and O–H groups in total. The Morgan fingerprint density at radius 1 is 1.00 bits per heavy atom. The second-order valence-electron chi connectivity index (χ2n) is 10.4. The number of hydrogen-bond acceptors (Lipinski definition) is 2. The number of rotatable bonds is 1. The molecule has 4 nitrogen and oxygen atoms in total. The van der Waals surface area contributed by atoms with Crippen LogP contribution in [-0.4, -0.2) is 42.0 Å². The molecule has 4 bridgehead atoms. The summed E-state index contributed by atoms with van der Waals surface area (Å²) in [7, 11) is 2.25. The van der Waals surface area contributed by atoms with E-state index in [-0.39, 0.29) is 11.6 Å². The molecule has 1 saturated heterocycles. The molecular formula is C24H33N3O. The average molecular weight is 380 g/mol. The van der Waals surface area contributed by atoms with Crippen molar-refractivity contribution in [3.63, 3.8) is 0 Å². The molecule has 2 amide bonds. The molecule has 1 aromatic carbocycles. The Bertz CT molecular complexity index is 754. The van der Waals surface area contributed by atoms with Gasteiger partial charge in [-0.05, 0) is 86.8 Å². The quantitative estimate of drug-likeness (QED) is 0.802. The van der Waals surface area contributed by atoms with Gasteiger partial charge in [0.05, 0.1) is 0 Å². The maximum absolute atomic E-state index is 13.1. The van der Waals surface area contributed by atoms with Gasteiger partial charge in [-0.15, -0.1) is 0 Å². The van der Waals surface area contributed by atoms with Gasteiger partial charge in [0, 0.05) is 31.2 Å². The smallest absolute Gasteiger partial charge is 0.317 e. The van der Waals surface area contributed by atoms with Gasteiger partial charge in [-0.1, -0.05) is 24.3 Å². The molecule has 0 unspecified atom stereocenters. The lowest BCUT2D eigenvalue weighted by molar-refractivity contribution is -0.0125. The number of urea groups is 1.